The van der Waals surface area contributed by atoms with Crippen molar-refractivity contribution in [2.75, 3.05) is 0 Å². The number of hydrogen-bond acceptors (Lipinski definition) is 2. The van der Waals surface area contributed by atoms with Crippen LogP contribution >= 0.6 is 0 Å². The molecule has 0 aliphatic rings. The number of nitrogens with one attached hydrogen (secondary N) is 1. The van der Waals surface area contributed by atoms with Crippen molar-refractivity contribution in [3.63, 3.8) is 0 Å². The molecule has 4 heteroatoms. The van der Waals surface area contributed by atoms with Crippen molar-refractivity contribution in [3.8, 4) is 0 Å². The lowest BCUT2D eigenvalue weighted by atomic mass is 10.0. The van der Waals surface area contributed by atoms with E-state index in [0.29, 0.717) is 5.56 Å². The van der Waals surface area contributed by atoms with Gasteiger partial charge in [-0.25, -0.2) is 4.79 Å². The first kappa shape index (κ1) is 14.8. The molecule has 0 spiro atoms. The molecule has 0 aliphatic heterocycles. The van der Waals surface area contributed by atoms with Gasteiger partial charge in [-0.1, -0.05) is 24.3 Å². The zero-order valence-electron chi connectivity index (χ0n) is 12.0. The Labute approximate surface area is 123 Å². The summed E-state index contributed by atoms with van der Waals surface area (Å²) < 4.78 is 0. The molecule has 0 saturated carbocycles. The predicted octanol–water partition coefficient (Wildman–Crippen LogP) is 3.18. The Hall–Kier alpha value is -2.62. The molecule has 2 rings (SSSR count). The Morgan fingerprint density at radius 3 is 2.14 bits per heavy atom. The molecular weight excluding hydrogens is 266 g/mol. The first-order valence-corrected chi connectivity index (χ1v) is 6.69. The number of aromatic carboxylic acids is 1. The van der Waals surface area contributed by atoms with E-state index in [0.717, 1.165) is 11.1 Å². The Morgan fingerprint density at radius 2 is 1.57 bits per heavy atom. The van der Waals surface area contributed by atoms with Gasteiger partial charge in [-0.2, -0.15) is 0 Å². The van der Waals surface area contributed by atoms with Gasteiger partial charge in [0, 0.05) is 5.56 Å². The minimum atomic E-state index is -1.00. The van der Waals surface area contributed by atoms with Gasteiger partial charge in [0.15, 0.2) is 0 Å². The SMILES string of the molecule is Cc1ccccc1C(C)NC(=O)c1ccc(C(=O)O)cc1. The lowest BCUT2D eigenvalue weighted by Crippen LogP contribution is -2.27. The van der Waals surface area contributed by atoms with E-state index >= 15 is 0 Å². The normalized spacial score (nSPS) is 11.7. The number of carboxylic acid groups (broad SMARTS) is 1. The van der Waals surface area contributed by atoms with E-state index in [4.69, 9.17) is 5.11 Å². The lowest BCUT2D eigenvalue weighted by Gasteiger charge is -2.16. The Morgan fingerprint density at radius 1 is 1.00 bits per heavy atom. The summed E-state index contributed by atoms with van der Waals surface area (Å²) in [4.78, 5) is 22.9. The summed E-state index contributed by atoms with van der Waals surface area (Å²) in [6.07, 6.45) is 0. The van der Waals surface area contributed by atoms with Crippen molar-refractivity contribution < 1.29 is 14.7 Å². The number of carbonyl (C=O) groups excluding carboxylic acids is 1. The first-order chi connectivity index (χ1) is 9.99. The van der Waals surface area contributed by atoms with E-state index in [1.165, 1.54) is 24.3 Å². The van der Waals surface area contributed by atoms with Crippen molar-refractivity contribution in [2.45, 2.75) is 19.9 Å². The highest BCUT2D eigenvalue weighted by Gasteiger charge is 2.13. The molecule has 0 bridgehead atoms. The lowest BCUT2D eigenvalue weighted by molar-refractivity contribution is 0.0696. The van der Waals surface area contributed by atoms with E-state index in [9.17, 15) is 9.59 Å². The third-order valence-corrected chi connectivity index (χ3v) is 3.40. The van der Waals surface area contributed by atoms with Crippen LogP contribution in [0.25, 0.3) is 0 Å². The molecule has 21 heavy (non-hydrogen) atoms. The van der Waals surface area contributed by atoms with E-state index in [1.807, 2.05) is 38.1 Å². The molecule has 0 saturated heterocycles. The fourth-order valence-corrected chi connectivity index (χ4v) is 2.19. The smallest absolute Gasteiger partial charge is 0.335 e. The van der Waals surface area contributed by atoms with E-state index < -0.39 is 5.97 Å². The third-order valence-electron chi connectivity index (χ3n) is 3.40. The highest BCUT2D eigenvalue weighted by molar-refractivity contribution is 5.96. The number of rotatable bonds is 4. The first-order valence-electron chi connectivity index (χ1n) is 6.69. The van der Waals surface area contributed by atoms with Crippen LogP contribution < -0.4 is 5.32 Å². The number of amides is 1. The van der Waals surface area contributed by atoms with Gasteiger partial charge in [-0.05, 0) is 49.2 Å². The van der Waals surface area contributed by atoms with Crippen LogP contribution in [0.2, 0.25) is 0 Å². The molecule has 0 aliphatic carbocycles. The molecule has 4 nitrogen and oxygen atoms in total. The number of carboxylic acids is 1. The van der Waals surface area contributed by atoms with Crippen molar-refractivity contribution in [3.05, 3.63) is 70.8 Å². The van der Waals surface area contributed by atoms with Gasteiger partial charge in [-0.15, -0.1) is 0 Å². The number of carbonyl (C=O) groups is 2. The Kier molecular flexibility index (Phi) is 4.38. The fourth-order valence-electron chi connectivity index (χ4n) is 2.19. The molecule has 108 valence electrons. The second-order valence-electron chi connectivity index (χ2n) is 4.93. The molecule has 1 amide bonds. The van der Waals surface area contributed by atoms with Gasteiger partial charge in [-0.3, -0.25) is 4.79 Å². The molecular formula is C17H17NO3. The van der Waals surface area contributed by atoms with Crippen LogP contribution in [0.1, 0.15) is 44.8 Å². The van der Waals surface area contributed by atoms with Gasteiger partial charge in [0.25, 0.3) is 5.91 Å². The molecule has 0 radical (unpaired) electrons. The zero-order valence-corrected chi connectivity index (χ0v) is 12.0. The van der Waals surface area contributed by atoms with Gasteiger partial charge in [0.05, 0.1) is 11.6 Å². The van der Waals surface area contributed by atoms with Crippen LogP contribution in [0.3, 0.4) is 0 Å². The maximum Gasteiger partial charge on any atom is 0.335 e. The van der Waals surface area contributed by atoms with E-state index in [1.54, 1.807) is 0 Å². The summed E-state index contributed by atoms with van der Waals surface area (Å²) in [5, 5.41) is 11.8. The third kappa shape index (κ3) is 3.48. The highest BCUT2D eigenvalue weighted by atomic mass is 16.4. The van der Waals surface area contributed by atoms with Crippen LogP contribution in [0.4, 0.5) is 0 Å². The maximum atomic E-state index is 12.2. The van der Waals surface area contributed by atoms with Crippen LogP contribution in [-0.4, -0.2) is 17.0 Å². The minimum Gasteiger partial charge on any atom is -0.478 e. The molecule has 1 unspecified atom stereocenters. The highest BCUT2D eigenvalue weighted by Crippen LogP contribution is 2.17. The summed E-state index contributed by atoms with van der Waals surface area (Å²) in [5.41, 5.74) is 2.79. The van der Waals surface area contributed by atoms with E-state index in [2.05, 4.69) is 5.32 Å². The van der Waals surface area contributed by atoms with Crippen LogP contribution in [0, 0.1) is 6.92 Å². The molecule has 1 atom stereocenters. The maximum absolute atomic E-state index is 12.2. The summed E-state index contributed by atoms with van der Waals surface area (Å²) in [5.74, 6) is -1.22. The average molecular weight is 283 g/mol. The molecule has 2 N–H and O–H groups in total. The monoisotopic (exact) mass is 283 g/mol. The Balaban J connectivity index is 2.11. The van der Waals surface area contributed by atoms with Gasteiger partial charge in [0.1, 0.15) is 0 Å². The number of aryl methyl sites for hydroxylation is 1. The van der Waals surface area contributed by atoms with Crippen molar-refractivity contribution in [2.24, 2.45) is 0 Å². The standard InChI is InChI=1S/C17H17NO3/c1-11-5-3-4-6-15(11)12(2)18-16(19)13-7-9-14(10-8-13)17(20)21/h3-10,12H,1-2H3,(H,18,19)(H,20,21). The predicted molar refractivity (Wildman–Crippen MR) is 80.5 cm³/mol. The van der Waals surface area contributed by atoms with Gasteiger partial charge < -0.3 is 10.4 Å². The molecule has 0 fully saturated rings. The summed E-state index contributed by atoms with van der Waals surface area (Å²) >= 11 is 0. The largest absolute Gasteiger partial charge is 0.478 e. The summed E-state index contributed by atoms with van der Waals surface area (Å²) in [6, 6.07) is 13.6. The van der Waals surface area contributed by atoms with Crippen LogP contribution in [0.15, 0.2) is 48.5 Å². The topological polar surface area (TPSA) is 66.4 Å². The van der Waals surface area contributed by atoms with Crippen molar-refractivity contribution >= 4 is 11.9 Å². The van der Waals surface area contributed by atoms with Crippen LogP contribution in [-0.2, 0) is 0 Å². The van der Waals surface area contributed by atoms with Gasteiger partial charge in [0.2, 0.25) is 0 Å². The quantitative estimate of drug-likeness (QED) is 0.905. The zero-order chi connectivity index (χ0) is 15.4. The molecule has 2 aromatic carbocycles. The molecule has 2 aromatic rings. The molecule has 0 heterocycles. The minimum absolute atomic E-state index is 0.113. The van der Waals surface area contributed by atoms with Crippen molar-refractivity contribution in [1.82, 2.24) is 5.32 Å². The Bertz CT molecular complexity index is 662. The molecule has 0 aromatic heterocycles. The van der Waals surface area contributed by atoms with Gasteiger partial charge >= 0.3 is 5.97 Å². The second-order valence-corrected chi connectivity index (χ2v) is 4.93. The fraction of sp³-hybridized carbons (Fsp3) is 0.176. The summed E-state index contributed by atoms with van der Waals surface area (Å²) in [7, 11) is 0. The average Bonchev–Trinajstić information content (AvgIpc) is 2.47. The van der Waals surface area contributed by atoms with Crippen molar-refractivity contribution in [1.29, 1.82) is 0 Å². The van der Waals surface area contributed by atoms with Crippen LogP contribution in [0.5, 0.6) is 0 Å². The summed E-state index contributed by atoms with van der Waals surface area (Å²) in [6.45, 7) is 3.92. The number of benzene rings is 2. The number of hydrogen-bond donors (Lipinski definition) is 2. The van der Waals surface area contributed by atoms with E-state index in [-0.39, 0.29) is 17.5 Å². The second kappa shape index (κ2) is 6.22.